The molecular formula is C43H55NO14. The fourth-order valence-corrected chi connectivity index (χ4v) is 9.13. The molecule has 1 heterocycles. The number of allylic oxidation sites excluding steroid dienone is 4. The third-order valence-electron chi connectivity index (χ3n) is 12.1. The molecule has 4 aliphatic rings. The number of carbonyl (C=O) groups is 5. The number of benzene rings is 1. The number of ketones is 1. The molecule has 1 aromatic carbocycles. The maximum Gasteiger partial charge on any atom is 0.408 e. The number of esters is 3. The summed E-state index contributed by atoms with van der Waals surface area (Å²) < 4.78 is 29.3. The number of fused-ring (bicyclic) bond motifs is 5. The highest BCUT2D eigenvalue weighted by molar-refractivity contribution is 5.94. The van der Waals surface area contributed by atoms with E-state index in [1.807, 2.05) is 0 Å². The zero-order valence-corrected chi connectivity index (χ0v) is 34.1. The number of nitrogens with one attached hydrogen (secondary N) is 1. The highest BCUT2D eigenvalue weighted by Crippen LogP contribution is 2.64. The molecule has 2 saturated carbocycles. The van der Waals surface area contributed by atoms with E-state index >= 15 is 0 Å². The first kappa shape index (κ1) is 44.4. The monoisotopic (exact) mass is 809 g/mol. The minimum atomic E-state index is -2.36. The van der Waals surface area contributed by atoms with Crippen molar-refractivity contribution < 1.29 is 68.1 Å². The molecule has 5 rings (SSSR count). The number of amides is 1. The number of aliphatic hydroxyl groups excluding tert-OH is 3. The van der Waals surface area contributed by atoms with Crippen LogP contribution in [0.2, 0.25) is 0 Å². The third-order valence-corrected chi connectivity index (χ3v) is 12.1. The summed E-state index contributed by atoms with van der Waals surface area (Å²) in [6.07, 6.45) is -4.16. The molecule has 3 aliphatic carbocycles. The summed E-state index contributed by atoms with van der Waals surface area (Å²) in [6.45, 7) is 15.3. The predicted molar refractivity (Wildman–Crippen MR) is 207 cm³/mol. The lowest BCUT2D eigenvalue weighted by Crippen LogP contribution is -2.81. The molecule has 15 heteroatoms. The van der Waals surface area contributed by atoms with Gasteiger partial charge in [0.15, 0.2) is 17.5 Å². The molecule has 2 unspecified atom stereocenters. The number of aliphatic hydroxyl groups is 4. The van der Waals surface area contributed by atoms with Crippen molar-refractivity contribution >= 4 is 29.8 Å². The number of hydrogen-bond donors (Lipinski definition) is 5. The summed E-state index contributed by atoms with van der Waals surface area (Å²) in [6, 6.07) is 6.44. The van der Waals surface area contributed by atoms with Gasteiger partial charge in [-0.1, -0.05) is 69.0 Å². The van der Waals surface area contributed by atoms with Gasteiger partial charge in [-0.15, -0.1) is 0 Å². The van der Waals surface area contributed by atoms with Crippen LogP contribution in [-0.4, -0.2) is 116 Å². The summed E-state index contributed by atoms with van der Waals surface area (Å²) in [5, 5.41) is 51.2. The lowest BCUT2D eigenvalue weighted by atomic mass is 9.44. The minimum Gasteiger partial charge on any atom is -0.456 e. The van der Waals surface area contributed by atoms with Crippen LogP contribution in [-0.2, 0) is 38.1 Å². The standard InChI is InChI=1S/C43H55NO14/c1-10-11-12-16-19-26(44-38(52)58-39(4,5)6)31(47)37(51)55-27-21-43(53)35(56-36(50)25-17-14-13-15-18-25)33-41(9,34(49)32(48)30(23(27)2)40(43,7)8)28(46)20-29-42(33,22-54-29)57-24(3)45/h10-19,26-29,31-33,35,46-48,53H,1,20-22H2,2-9H3,(H,44,52)/b12-11-,19-16+/t26-,27-,28?,29+,31+,32+,33?,35-,41+,42-,43+/m0/s1. The molecule has 0 radical (unpaired) electrons. The van der Waals surface area contributed by atoms with Crippen molar-refractivity contribution in [3.8, 4) is 0 Å². The average Bonchev–Trinajstić information content (AvgIpc) is 3.13. The molecular weight excluding hydrogens is 754 g/mol. The first-order chi connectivity index (χ1) is 27.0. The number of Topliss-reactive ketones (excluding diaryl/α,β-unsaturated/α-hetero) is 1. The predicted octanol–water partition coefficient (Wildman–Crippen LogP) is 3.19. The Morgan fingerprint density at radius 2 is 1.69 bits per heavy atom. The van der Waals surface area contributed by atoms with E-state index in [2.05, 4.69) is 11.9 Å². The Morgan fingerprint density at radius 3 is 2.26 bits per heavy atom. The van der Waals surface area contributed by atoms with E-state index in [-0.39, 0.29) is 29.7 Å². The smallest absolute Gasteiger partial charge is 0.408 e. The maximum absolute atomic E-state index is 14.9. The first-order valence-corrected chi connectivity index (χ1v) is 19.2. The lowest BCUT2D eigenvalue weighted by molar-refractivity contribution is -0.346. The molecule has 1 saturated heterocycles. The number of alkyl carbamates (subject to hydrolysis) is 1. The number of rotatable bonds is 10. The Labute approximate surface area is 337 Å². The minimum absolute atomic E-state index is 0.0717. The highest BCUT2D eigenvalue weighted by Gasteiger charge is 2.78. The van der Waals surface area contributed by atoms with E-state index in [9.17, 15) is 44.4 Å². The average molecular weight is 810 g/mol. The van der Waals surface area contributed by atoms with Gasteiger partial charge in [-0.25, -0.2) is 14.4 Å². The molecule has 2 bridgehead atoms. The van der Waals surface area contributed by atoms with Gasteiger partial charge in [0, 0.05) is 25.2 Å². The molecule has 0 spiro atoms. The van der Waals surface area contributed by atoms with Gasteiger partial charge in [0.2, 0.25) is 0 Å². The fraction of sp³-hybridized carbons (Fsp3) is 0.558. The lowest BCUT2D eigenvalue weighted by Gasteiger charge is -2.67. The van der Waals surface area contributed by atoms with Crippen LogP contribution < -0.4 is 5.32 Å². The van der Waals surface area contributed by atoms with Crippen LogP contribution >= 0.6 is 0 Å². The summed E-state index contributed by atoms with van der Waals surface area (Å²) in [7, 11) is 0. The number of hydrogen-bond acceptors (Lipinski definition) is 14. The van der Waals surface area contributed by atoms with E-state index in [1.54, 1.807) is 51.1 Å². The third kappa shape index (κ3) is 7.77. The normalized spacial score (nSPS) is 34.0. The second-order valence-electron chi connectivity index (χ2n) is 17.2. The van der Waals surface area contributed by atoms with Gasteiger partial charge in [0.05, 0.1) is 35.6 Å². The quantitative estimate of drug-likeness (QED) is 0.0992. The van der Waals surface area contributed by atoms with Crippen molar-refractivity contribution in [2.75, 3.05) is 6.61 Å². The van der Waals surface area contributed by atoms with Gasteiger partial charge in [-0.05, 0) is 57.9 Å². The number of ether oxygens (including phenoxy) is 5. The van der Waals surface area contributed by atoms with Crippen LogP contribution in [0.5, 0.6) is 0 Å². The van der Waals surface area contributed by atoms with Crippen molar-refractivity contribution in [2.24, 2.45) is 16.7 Å². The molecule has 1 aliphatic heterocycles. The SMILES string of the molecule is C=C/C=C\C=C\[C@H](NC(=O)OC(C)(C)C)[C@@H](O)C(=O)O[C@H]1C[C@@]2(O)[C@@H](OC(=O)c3ccccc3)C3[C@](C)(C(=O)[C@H](O)C(=C1C)C2(C)C)C(O)C[C@H]1OC[C@@]31OC(C)=O. The van der Waals surface area contributed by atoms with Crippen LogP contribution in [0.1, 0.15) is 78.6 Å². The fourth-order valence-electron chi connectivity index (χ4n) is 9.13. The Hall–Kier alpha value is -4.67. The zero-order valence-electron chi connectivity index (χ0n) is 34.1. The van der Waals surface area contributed by atoms with Gasteiger partial charge in [0.25, 0.3) is 0 Å². The summed E-state index contributed by atoms with van der Waals surface area (Å²) in [5.74, 6) is -5.40. The van der Waals surface area contributed by atoms with Gasteiger partial charge in [-0.2, -0.15) is 0 Å². The van der Waals surface area contributed by atoms with Crippen molar-refractivity contribution in [1.29, 1.82) is 0 Å². The molecule has 1 aromatic rings. The van der Waals surface area contributed by atoms with Crippen molar-refractivity contribution in [2.45, 2.75) is 128 Å². The van der Waals surface area contributed by atoms with E-state index in [0.717, 1.165) is 6.92 Å². The summed E-state index contributed by atoms with van der Waals surface area (Å²) in [4.78, 5) is 68.5. The molecule has 316 valence electrons. The van der Waals surface area contributed by atoms with Crippen LogP contribution in [0.3, 0.4) is 0 Å². The van der Waals surface area contributed by atoms with E-state index in [0.29, 0.717) is 0 Å². The Kier molecular flexibility index (Phi) is 12.4. The van der Waals surface area contributed by atoms with Gasteiger partial charge in [0.1, 0.15) is 35.6 Å². The molecule has 5 N–H and O–H groups in total. The molecule has 11 atom stereocenters. The van der Waals surface area contributed by atoms with Gasteiger partial charge < -0.3 is 49.4 Å². The Balaban J connectivity index is 1.66. The van der Waals surface area contributed by atoms with E-state index in [1.165, 1.54) is 58.1 Å². The number of carbonyl (C=O) groups excluding carboxylic acids is 5. The van der Waals surface area contributed by atoms with Gasteiger partial charge in [-0.3, -0.25) is 9.59 Å². The van der Waals surface area contributed by atoms with E-state index < -0.39 is 112 Å². The summed E-state index contributed by atoms with van der Waals surface area (Å²) >= 11 is 0. The summed E-state index contributed by atoms with van der Waals surface area (Å²) in [5.41, 5.74) is -8.51. The topological polar surface area (TPSA) is 224 Å². The second-order valence-corrected chi connectivity index (χ2v) is 17.2. The zero-order chi connectivity index (χ0) is 43.2. The molecule has 3 fully saturated rings. The van der Waals surface area contributed by atoms with Crippen LogP contribution in [0.25, 0.3) is 0 Å². The van der Waals surface area contributed by atoms with Crippen molar-refractivity contribution in [3.63, 3.8) is 0 Å². The van der Waals surface area contributed by atoms with Crippen LogP contribution in [0.15, 0.2) is 78.4 Å². The Bertz CT molecular complexity index is 1900. The second kappa shape index (κ2) is 16.2. The van der Waals surface area contributed by atoms with E-state index in [4.69, 9.17) is 23.7 Å². The first-order valence-electron chi connectivity index (χ1n) is 19.2. The molecule has 0 aromatic heterocycles. The molecule has 58 heavy (non-hydrogen) atoms. The van der Waals surface area contributed by atoms with Crippen molar-refractivity contribution in [1.82, 2.24) is 5.32 Å². The van der Waals surface area contributed by atoms with Gasteiger partial charge >= 0.3 is 24.0 Å². The van der Waals surface area contributed by atoms with Crippen LogP contribution in [0.4, 0.5) is 4.79 Å². The largest absolute Gasteiger partial charge is 0.456 e. The Morgan fingerprint density at radius 1 is 1.03 bits per heavy atom. The maximum atomic E-state index is 14.9. The van der Waals surface area contributed by atoms with Crippen molar-refractivity contribution in [3.05, 3.63) is 84.0 Å². The highest BCUT2D eigenvalue weighted by atomic mass is 16.6. The van der Waals surface area contributed by atoms with Crippen LogP contribution in [0, 0.1) is 16.7 Å². The molecule has 1 amide bonds. The molecule has 15 nitrogen and oxygen atoms in total.